The van der Waals surface area contributed by atoms with Crippen LogP contribution in [0.25, 0.3) is 11.5 Å². The van der Waals surface area contributed by atoms with Gasteiger partial charge in [0.1, 0.15) is 0 Å². The Hall–Kier alpha value is -1.95. The Bertz CT molecular complexity index is 728. The number of rotatable bonds is 2. The third-order valence-corrected chi connectivity index (χ3v) is 5.93. The van der Waals surface area contributed by atoms with E-state index in [0.717, 1.165) is 5.56 Å². The van der Waals surface area contributed by atoms with E-state index >= 15 is 0 Å². The third kappa shape index (κ3) is 3.08. The summed E-state index contributed by atoms with van der Waals surface area (Å²) in [4.78, 5) is 18.9. The van der Waals surface area contributed by atoms with Crippen LogP contribution in [0.3, 0.4) is 0 Å². The summed E-state index contributed by atoms with van der Waals surface area (Å²) < 4.78 is 17.8. The molecule has 1 aromatic carbocycles. The predicted molar refractivity (Wildman–Crippen MR) is 89.6 cm³/mol. The summed E-state index contributed by atoms with van der Waals surface area (Å²) in [5, 5.41) is -0.0564. The van der Waals surface area contributed by atoms with Crippen LogP contribution in [0.1, 0.15) is 30.1 Å². The van der Waals surface area contributed by atoms with Crippen LogP contribution in [-0.2, 0) is 10.8 Å². The molecule has 2 atom stereocenters. The number of benzene rings is 1. The minimum atomic E-state index is -0.893. The van der Waals surface area contributed by atoms with E-state index in [1.54, 1.807) is 11.8 Å². The number of oxazole rings is 1. The maximum atomic E-state index is 12.8. The molecule has 1 aromatic heterocycles. The summed E-state index contributed by atoms with van der Waals surface area (Å²) in [5.41, 5.74) is 1.43. The molecule has 5 nitrogen and oxygen atoms in total. The first-order valence-electron chi connectivity index (χ1n) is 7.69. The summed E-state index contributed by atoms with van der Waals surface area (Å²) in [7, 11) is -0.893. The van der Waals surface area contributed by atoms with Gasteiger partial charge in [0.05, 0.1) is 5.69 Å². The van der Waals surface area contributed by atoms with Gasteiger partial charge in [0, 0.05) is 40.0 Å². The van der Waals surface area contributed by atoms with Gasteiger partial charge in [-0.2, -0.15) is 0 Å². The third-order valence-electron chi connectivity index (χ3n) is 4.05. The van der Waals surface area contributed by atoms with Gasteiger partial charge in [-0.05, 0) is 32.9 Å². The molecule has 0 bridgehead atoms. The lowest BCUT2D eigenvalue weighted by atomic mass is 10.2. The lowest BCUT2D eigenvalue weighted by Gasteiger charge is -2.33. The zero-order valence-electron chi connectivity index (χ0n) is 13.5. The molecular formula is C17H20N2O3S. The molecule has 1 aliphatic heterocycles. The molecule has 6 heteroatoms. The van der Waals surface area contributed by atoms with Crippen molar-refractivity contribution < 1.29 is 13.4 Å². The molecule has 0 radical (unpaired) electrons. The Morgan fingerprint density at radius 3 is 2.43 bits per heavy atom. The Labute approximate surface area is 138 Å². The molecule has 2 unspecified atom stereocenters. The minimum absolute atomic E-state index is 0.0282. The van der Waals surface area contributed by atoms with E-state index in [4.69, 9.17) is 4.42 Å². The number of aromatic nitrogens is 1. The highest BCUT2D eigenvalue weighted by molar-refractivity contribution is 7.86. The normalized spacial score (nSPS) is 24.7. The van der Waals surface area contributed by atoms with Crippen molar-refractivity contribution in [2.75, 3.05) is 13.1 Å². The molecule has 0 spiro atoms. The monoisotopic (exact) mass is 332 g/mol. The predicted octanol–water partition coefficient (Wildman–Crippen LogP) is 2.63. The van der Waals surface area contributed by atoms with Crippen molar-refractivity contribution in [3.05, 3.63) is 41.8 Å². The fourth-order valence-corrected chi connectivity index (χ4v) is 4.29. The number of nitrogens with zero attached hydrogens (tertiary/aromatic N) is 2. The maximum Gasteiger partial charge on any atom is 0.291 e. The van der Waals surface area contributed by atoms with Gasteiger partial charge in [-0.15, -0.1) is 0 Å². The van der Waals surface area contributed by atoms with Crippen LogP contribution in [0.2, 0.25) is 0 Å². The smallest absolute Gasteiger partial charge is 0.291 e. The van der Waals surface area contributed by atoms with E-state index < -0.39 is 10.8 Å². The van der Waals surface area contributed by atoms with Gasteiger partial charge in [-0.1, -0.05) is 18.2 Å². The molecular weight excluding hydrogens is 312 g/mol. The van der Waals surface area contributed by atoms with Crippen LogP contribution in [0.4, 0.5) is 0 Å². The summed E-state index contributed by atoms with van der Waals surface area (Å²) >= 11 is 0. The molecule has 1 fully saturated rings. The Morgan fingerprint density at radius 1 is 1.22 bits per heavy atom. The number of carbonyl (C=O) groups excluding carboxylic acids is 1. The molecule has 0 aliphatic carbocycles. The maximum absolute atomic E-state index is 12.8. The van der Waals surface area contributed by atoms with Crippen molar-refractivity contribution in [1.82, 2.24) is 9.88 Å². The minimum Gasteiger partial charge on any atom is -0.431 e. The van der Waals surface area contributed by atoms with E-state index in [1.807, 2.05) is 44.2 Å². The molecule has 0 N–H and O–H groups in total. The fourth-order valence-electron chi connectivity index (χ4n) is 2.85. The van der Waals surface area contributed by atoms with Gasteiger partial charge in [0.2, 0.25) is 11.7 Å². The SMILES string of the molecule is Cc1nc(-c2ccccc2)oc1C(=O)N1CC(C)S(=O)C(C)C1. The van der Waals surface area contributed by atoms with Crippen LogP contribution in [0.15, 0.2) is 34.7 Å². The van der Waals surface area contributed by atoms with E-state index in [2.05, 4.69) is 4.98 Å². The first-order valence-corrected chi connectivity index (χ1v) is 8.96. The number of amides is 1. The van der Waals surface area contributed by atoms with Crippen LogP contribution < -0.4 is 0 Å². The zero-order chi connectivity index (χ0) is 16.6. The van der Waals surface area contributed by atoms with E-state index in [0.29, 0.717) is 24.7 Å². The molecule has 1 amide bonds. The highest BCUT2D eigenvalue weighted by Gasteiger charge is 2.33. The van der Waals surface area contributed by atoms with E-state index in [-0.39, 0.29) is 22.2 Å². The summed E-state index contributed by atoms with van der Waals surface area (Å²) in [6.45, 7) is 6.56. The van der Waals surface area contributed by atoms with Crippen LogP contribution >= 0.6 is 0 Å². The molecule has 2 aromatic rings. The van der Waals surface area contributed by atoms with Crippen LogP contribution in [0, 0.1) is 6.92 Å². The van der Waals surface area contributed by atoms with Gasteiger partial charge >= 0.3 is 0 Å². The van der Waals surface area contributed by atoms with Crippen molar-refractivity contribution >= 4 is 16.7 Å². The van der Waals surface area contributed by atoms with Gasteiger partial charge in [-0.25, -0.2) is 4.98 Å². The van der Waals surface area contributed by atoms with Gasteiger partial charge in [0.15, 0.2) is 0 Å². The van der Waals surface area contributed by atoms with Crippen molar-refractivity contribution in [3.63, 3.8) is 0 Å². The second-order valence-corrected chi connectivity index (χ2v) is 8.23. The quantitative estimate of drug-likeness (QED) is 0.848. The number of hydrogen-bond donors (Lipinski definition) is 0. The highest BCUT2D eigenvalue weighted by atomic mass is 32.2. The largest absolute Gasteiger partial charge is 0.431 e. The number of hydrogen-bond acceptors (Lipinski definition) is 4. The average Bonchev–Trinajstić information content (AvgIpc) is 2.94. The van der Waals surface area contributed by atoms with Gasteiger partial charge < -0.3 is 9.32 Å². The second-order valence-electron chi connectivity index (χ2n) is 5.96. The summed E-state index contributed by atoms with van der Waals surface area (Å²) in [6, 6.07) is 9.52. The van der Waals surface area contributed by atoms with Crippen molar-refractivity contribution in [2.24, 2.45) is 0 Å². The molecule has 2 heterocycles. The molecule has 0 saturated carbocycles. The van der Waals surface area contributed by atoms with Crippen molar-refractivity contribution in [1.29, 1.82) is 0 Å². The number of aryl methyl sites for hydroxylation is 1. The zero-order valence-corrected chi connectivity index (χ0v) is 14.3. The topological polar surface area (TPSA) is 63.4 Å². The average molecular weight is 332 g/mol. The van der Waals surface area contributed by atoms with Crippen molar-refractivity contribution in [3.8, 4) is 11.5 Å². The molecule has 122 valence electrons. The first-order chi connectivity index (χ1) is 11.0. The number of carbonyl (C=O) groups is 1. The lowest BCUT2D eigenvalue weighted by Crippen LogP contribution is -2.49. The Kier molecular flexibility index (Phi) is 4.35. The molecule has 23 heavy (non-hydrogen) atoms. The second kappa shape index (κ2) is 6.28. The Balaban J connectivity index is 1.86. The molecule has 3 rings (SSSR count). The first kappa shape index (κ1) is 15.9. The lowest BCUT2D eigenvalue weighted by molar-refractivity contribution is 0.0719. The summed E-state index contributed by atoms with van der Waals surface area (Å²) in [5.74, 6) is 0.552. The fraction of sp³-hybridized carbons (Fsp3) is 0.412. The highest BCUT2D eigenvalue weighted by Crippen LogP contribution is 2.24. The molecule has 1 saturated heterocycles. The van der Waals surface area contributed by atoms with Crippen molar-refractivity contribution in [2.45, 2.75) is 31.3 Å². The summed E-state index contributed by atoms with van der Waals surface area (Å²) in [6.07, 6.45) is 0. The van der Waals surface area contributed by atoms with Crippen LogP contribution in [-0.4, -0.2) is 43.6 Å². The van der Waals surface area contributed by atoms with E-state index in [9.17, 15) is 9.00 Å². The Morgan fingerprint density at radius 2 is 1.83 bits per heavy atom. The van der Waals surface area contributed by atoms with Gasteiger partial charge in [-0.3, -0.25) is 9.00 Å². The standard InChI is InChI=1S/C17H20N2O3S/c1-11-9-19(10-12(2)23(11)21)17(20)15-13(3)18-16(22-15)14-7-5-4-6-8-14/h4-8,11-12H,9-10H2,1-3H3. The molecule has 1 aliphatic rings. The van der Waals surface area contributed by atoms with Crippen LogP contribution in [0.5, 0.6) is 0 Å². The van der Waals surface area contributed by atoms with Gasteiger partial charge in [0.25, 0.3) is 5.91 Å². The van der Waals surface area contributed by atoms with E-state index in [1.165, 1.54) is 0 Å².